The number of hydrogen-bond donors (Lipinski definition) is 2. The maximum atomic E-state index is 12.7. The summed E-state index contributed by atoms with van der Waals surface area (Å²) in [7, 11) is 0. The molecule has 1 unspecified atom stereocenters. The van der Waals surface area contributed by atoms with Gasteiger partial charge in [0.1, 0.15) is 11.0 Å². The molecule has 1 aromatic heterocycles. The van der Waals surface area contributed by atoms with Crippen molar-refractivity contribution in [2.45, 2.75) is 72.3 Å². The molecule has 0 aliphatic heterocycles. The van der Waals surface area contributed by atoms with Gasteiger partial charge in [-0.2, -0.15) is 0 Å². The molecule has 0 spiro atoms. The van der Waals surface area contributed by atoms with Gasteiger partial charge in [-0.15, -0.1) is 10.2 Å². The maximum Gasteiger partial charge on any atom is 0.249 e. The Bertz CT molecular complexity index is 786. The number of benzene rings is 1. The van der Waals surface area contributed by atoms with Crippen molar-refractivity contribution in [1.82, 2.24) is 15.5 Å². The molecule has 6 nitrogen and oxygen atoms in total. The average Bonchev–Trinajstić information content (AvgIpc) is 3.14. The summed E-state index contributed by atoms with van der Waals surface area (Å²) in [6.45, 7) is 8.04. The standard InChI is InChI=1S/C22H32N4O2S/c1-5-6-7-8-9-10-18(27)23-19(15(2)3)20(28)24-22-26-25-21(29-22)17-13-11-16(4)12-14-17/h11-15,19H,5-10H2,1-4H3,(H,23,27)(H,24,26,28). The number of unbranched alkanes of at least 4 members (excludes halogenated alkanes) is 4. The zero-order valence-corrected chi connectivity index (χ0v) is 18.6. The minimum atomic E-state index is -0.593. The Morgan fingerprint density at radius 1 is 1.03 bits per heavy atom. The minimum absolute atomic E-state index is 0.0245. The van der Waals surface area contributed by atoms with Gasteiger partial charge < -0.3 is 5.32 Å². The van der Waals surface area contributed by atoms with E-state index in [1.54, 1.807) is 0 Å². The van der Waals surface area contributed by atoms with E-state index in [1.165, 1.54) is 29.7 Å². The fourth-order valence-corrected chi connectivity index (χ4v) is 3.69. The summed E-state index contributed by atoms with van der Waals surface area (Å²) >= 11 is 1.32. The first kappa shape index (κ1) is 23.0. The second kappa shape index (κ2) is 11.7. The Hall–Kier alpha value is -2.28. The van der Waals surface area contributed by atoms with E-state index in [2.05, 4.69) is 27.8 Å². The zero-order chi connectivity index (χ0) is 21.2. The first-order chi connectivity index (χ1) is 13.9. The van der Waals surface area contributed by atoms with Crippen LogP contribution in [0, 0.1) is 12.8 Å². The lowest BCUT2D eigenvalue weighted by Crippen LogP contribution is -2.47. The Morgan fingerprint density at radius 2 is 1.72 bits per heavy atom. The van der Waals surface area contributed by atoms with E-state index in [4.69, 9.17) is 0 Å². The van der Waals surface area contributed by atoms with E-state index >= 15 is 0 Å². The van der Waals surface area contributed by atoms with Gasteiger partial charge in [-0.3, -0.25) is 14.9 Å². The van der Waals surface area contributed by atoms with Gasteiger partial charge in [0.2, 0.25) is 16.9 Å². The van der Waals surface area contributed by atoms with Crippen LogP contribution in [0.5, 0.6) is 0 Å². The number of rotatable bonds is 11. The molecule has 0 aliphatic rings. The number of nitrogens with zero attached hydrogens (tertiary/aromatic N) is 2. The maximum absolute atomic E-state index is 12.7. The highest BCUT2D eigenvalue weighted by Gasteiger charge is 2.25. The molecule has 1 atom stereocenters. The average molecular weight is 417 g/mol. The molecular weight excluding hydrogens is 384 g/mol. The second-order valence-electron chi connectivity index (χ2n) is 7.72. The van der Waals surface area contributed by atoms with E-state index in [-0.39, 0.29) is 17.7 Å². The van der Waals surface area contributed by atoms with Crippen molar-refractivity contribution in [3.63, 3.8) is 0 Å². The van der Waals surface area contributed by atoms with Crippen LogP contribution in [0.15, 0.2) is 24.3 Å². The molecule has 7 heteroatoms. The summed E-state index contributed by atoms with van der Waals surface area (Å²) in [4.78, 5) is 25.0. The SMILES string of the molecule is CCCCCCCC(=O)NC(C(=O)Nc1nnc(-c2ccc(C)cc2)s1)C(C)C. The van der Waals surface area contributed by atoms with Gasteiger partial charge in [-0.05, 0) is 19.3 Å². The van der Waals surface area contributed by atoms with Crippen molar-refractivity contribution < 1.29 is 9.59 Å². The van der Waals surface area contributed by atoms with Gasteiger partial charge in [-0.25, -0.2) is 0 Å². The number of carbonyl (C=O) groups excluding carboxylic acids is 2. The highest BCUT2D eigenvalue weighted by Crippen LogP contribution is 2.26. The highest BCUT2D eigenvalue weighted by atomic mass is 32.1. The third kappa shape index (κ3) is 7.57. The van der Waals surface area contributed by atoms with Gasteiger partial charge in [0.05, 0.1) is 0 Å². The minimum Gasteiger partial charge on any atom is -0.344 e. The molecule has 2 aromatic rings. The fraction of sp³-hybridized carbons (Fsp3) is 0.545. The van der Waals surface area contributed by atoms with Gasteiger partial charge >= 0.3 is 0 Å². The second-order valence-corrected chi connectivity index (χ2v) is 8.70. The molecule has 2 N–H and O–H groups in total. The van der Waals surface area contributed by atoms with Gasteiger partial charge in [0.25, 0.3) is 0 Å². The Morgan fingerprint density at radius 3 is 2.38 bits per heavy atom. The third-order valence-electron chi connectivity index (χ3n) is 4.73. The molecule has 158 valence electrons. The molecule has 0 saturated carbocycles. The summed E-state index contributed by atoms with van der Waals surface area (Å²) in [6, 6.07) is 7.41. The summed E-state index contributed by atoms with van der Waals surface area (Å²) in [5, 5.41) is 15.1. The number of hydrogen-bond acceptors (Lipinski definition) is 5. The Balaban J connectivity index is 1.90. The number of anilines is 1. The quantitative estimate of drug-likeness (QED) is 0.508. The van der Waals surface area contributed by atoms with Crippen LogP contribution in [0.2, 0.25) is 0 Å². The van der Waals surface area contributed by atoms with E-state index in [0.717, 1.165) is 29.8 Å². The number of aromatic nitrogens is 2. The summed E-state index contributed by atoms with van der Waals surface area (Å²) in [5.41, 5.74) is 2.14. The van der Waals surface area contributed by atoms with Crippen LogP contribution in [0.3, 0.4) is 0 Å². The molecule has 0 radical (unpaired) electrons. The van der Waals surface area contributed by atoms with Gasteiger partial charge in [0.15, 0.2) is 0 Å². The van der Waals surface area contributed by atoms with E-state index in [9.17, 15) is 9.59 Å². The Labute approximate surface area is 177 Å². The smallest absolute Gasteiger partial charge is 0.249 e. The number of aryl methyl sites for hydroxylation is 1. The fourth-order valence-electron chi connectivity index (χ4n) is 2.94. The lowest BCUT2D eigenvalue weighted by Gasteiger charge is -2.21. The summed E-state index contributed by atoms with van der Waals surface area (Å²) in [6.07, 6.45) is 5.89. The molecule has 0 saturated heterocycles. The predicted octanol–water partition coefficient (Wildman–Crippen LogP) is 4.95. The topological polar surface area (TPSA) is 84.0 Å². The van der Waals surface area contributed by atoms with Gasteiger partial charge in [-0.1, -0.05) is 87.6 Å². The molecule has 1 aromatic carbocycles. The van der Waals surface area contributed by atoms with Crippen LogP contribution < -0.4 is 10.6 Å². The largest absolute Gasteiger partial charge is 0.344 e. The molecule has 0 bridgehead atoms. The zero-order valence-electron chi connectivity index (χ0n) is 17.8. The van der Waals surface area contributed by atoms with E-state index in [0.29, 0.717) is 11.6 Å². The molecule has 2 rings (SSSR count). The first-order valence-electron chi connectivity index (χ1n) is 10.4. The van der Waals surface area contributed by atoms with Crippen LogP contribution in [0.4, 0.5) is 5.13 Å². The number of nitrogens with one attached hydrogen (secondary N) is 2. The van der Waals surface area contributed by atoms with Crippen molar-refractivity contribution in [3.8, 4) is 10.6 Å². The highest BCUT2D eigenvalue weighted by molar-refractivity contribution is 7.18. The normalized spacial score (nSPS) is 12.0. The van der Waals surface area contributed by atoms with Crippen molar-refractivity contribution in [2.75, 3.05) is 5.32 Å². The molecule has 2 amide bonds. The van der Waals surface area contributed by atoms with E-state index in [1.807, 2.05) is 45.0 Å². The molecular formula is C22H32N4O2S. The van der Waals surface area contributed by atoms with Gasteiger partial charge in [0, 0.05) is 12.0 Å². The predicted molar refractivity (Wildman–Crippen MR) is 119 cm³/mol. The third-order valence-corrected chi connectivity index (χ3v) is 5.61. The van der Waals surface area contributed by atoms with Crippen LogP contribution in [0.1, 0.15) is 64.9 Å². The van der Waals surface area contributed by atoms with Crippen molar-refractivity contribution in [1.29, 1.82) is 0 Å². The summed E-state index contributed by atoms with van der Waals surface area (Å²) in [5.74, 6) is -0.359. The molecule has 0 fully saturated rings. The number of carbonyl (C=O) groups is 2. The lowest BCUT2D eigenvalue weighted by molar-refractivity contribution is -0.127. The van der Waals surface area contributed by atoms with Crippen LogP contribution in [-0.4, -0.2) is 28.1 Å². The van der Waals surface area contributed by atoms with Crippen LogP contribution >= 0.6 is 11.3 Å². The Kier molecular flexibility index (Phi) is 9.25. The number of amides is 2. The molecule has 0 aliphatic carbocycles. The van der Waals surface area contributed by atoms with Crippen molar-refractivity contribution >= 4 is 28.3 Å². The first-order valence-corrected chi connectivity index (χ1v) is 11.2. The van der Waals surface area contributed by atoms with Crippen LogP contribution in [0.25, 0.3) is 10.6 Å². The molecule has 1 heterocycles. The monoisotopic (exact) mass is 416 g/mol. The molecule has 29 heavy (non-hydrogen) atoms. The summed E-state index contributed by atoms with van der Waals surface area (Å²) < 4.78 is 0. The van der Waals surface area contributed by atoms with E-state index < -0.39 is 6.04 Å². The van der Waals surface area contributed by atoms with Crippen molar-refractivity contribution in [2.24, 2.45) is 5.92 Å². The lowest BCUT2D eigenvalue weighted by atomic mass is 10.0. The van der Waals surface area contributed by atoms with Crippen molar-refractivity contribution in [3.05, 3.63) is 29.8 Å². The van der Waals surface area contributed by atoms with Crippen LogP contribution in [-0.2, 0) is 9.59 Å².